The van der Waals surface area contributed by atoms with Crippen LogP contribution >= 0.6 is 0 Å². The van der Waals surface area contributed by atoms with Crippen molar-refractivity contribution in [2.24, 2.45) is 0 Å². The molecular formula is C14H17N7O2. The van der Waals surface area contributed by atoms with Crippen molar-refractivity contribution in [3.05, 3.63) is 18.0 Å². The van der Waals surface area contributed by atoms with Gasteiger partial charge in [0, 0.05) is 18.8 Å². The predicted octanol–water partition coefficient (Wildman–Crippen LogP) is 1.22. The average Bonchev–Trinajstić information content (AvgIpc) is 3.08. The topological polar surface area (TPSA) is 125 Å². The third kappa shape index (κ3) is 2.50. The molecule has 0 radical (unpaired) electrons. The summed E-state index contributed by atoms with van der Waals surface area (Å²) in [5.74, 6) is 0.439. The van der Waals surface area contributed by atoms with Gasteiger partial charge in [-0.1, -0.05) is 0 Å². The van der Waals surface area contributed by atoms with Gasteiger partial charge in [0.2, 0.25) is 0 Å². The number of aryl methyl sites for hydroxylation is 1. The molecule has 0 aromatic carbocycles. The highest BCUT2D eigenvalue weighted by atomic mass is 16.6. The van der Waals surface area contributed by atoms with Crippen LogP contribution in [0.5, 0.6) is 0 Å². The number of pyridine rings is 1. The van der Waals surface area contributed by atoms with E-state index in [-0.39, 0.29) is 17.8 Å². The summed E-state index contributed by atoms with van der Waals surface area (Å²) >= 11 is 0. The van der Waals surface area contributed by atoms with Crippen LogP contribution in [0, 0.1) is 0 Å². The standard InChI is InChI=1S/C14H17N7O2/c1-4-21-11-8(14(22)17-7(2)3)5-16-6-9(11)18-13(21)10-12(15)20-23-19-10/h5-7H,4H2,1-3H3,(H2,15,20)(H,17,22). The zero-order valence-corrected chi connectivity index (χ0v) is 13.1. The molecule has 9 heteroatoms. The number of hydrogen-bond donors (Lipinski definition) is 2. The van der Waals surface area contributed by atoms with Crippen LogP contribution < -0.4 is 11.1 Å². The Bertz CT molecular complexity index is 865. The number of amides is 1. The summed E-state index contributed by atoms with van der Waals surface area (Å²) < 4.78 is 6.50. The monoisotopic (exact) mass is 315 g/mol. The molecule has 0 bridgehead atoms. The van der Waals surface area contributed by atoms with Crippen LogP contribution in [0.4, 0.5) is 5.82 Å². The molecule has 0 aliphatic heterocycles. The highest BCUT2D eigenvalue weighted by Crippen LogP contribution is 2.28. The van der Waals surface area contributed by atoms with Gasteiger partial charge in [-0.15, -0.1) is 0 Å². The summed E-state index contributed by atoms with van der Waals surface area (Å²) in [6, 6.07) is 0.0191. The second-order valence-corrected chi connectivity index (χ2v) is 5.36. The number of nitrogen functional groups attached to an aromatic ring is 1. The number of aromatic nitrogens is 5. The zero-order valence-electron chi connectivity index (χ0n) is 13.1. The van der Waals surface area contributed by atoms with Crippen LogP contribution in [0.15, 0.2) is 17.0 Å². The maximum absolute atomic E-state index is 12.4. The zero-order chi connectivity index (χ0) is 16.6. The fourth-order valence-electron chi connectivity index (χ4n) is 2.43. The van der Waals surface area contributed by atoms with E-state index in [1.165, 1.54) is 6.20 Å². The summed E-state index contributed by atoms with van der Waals surface area (Å²) in [6.07, 6.45) is 3.13. The molecule has 0 fully saturated rings. The average molecular weight is 315 g/mol. The molecule has 0 aliphatic carbocycles. The summed E-state index contributed by atoms with van der Waals surface area (Å²) in [7, 11) is 0. The quantitative estimate of drug-likeness (QED) is 0.741. The molecule has 3 aromatic heterocycles. The van der Waals surface area contributed by atoms with E-state index in [9.17, 15) is 4.79 Å². The van der Waals surface area contributed by atoms with Gasteiger partial charge in [-0.3, -0.25) is 9.78 Å². The first-order valence-corrected chi connectivity index (χ1v) is 7.26. The van der Waals surface area contributed by atoms with E-state index < -0.39 is 0 Å². The number of nitrogens with one attached hydrogen (secondary N) is 1. The molecule has 120 valence electrons. The molecule has 23 heavy (non-hydrogen) atoms. The Kier molecular flexibility index (Phi) is 3.68. The molecule has 0 atom stereocenters. The number of nitrogens with zero attached hydrogens (tertiary/aromatic N) is 5. The first-order valence-electron chi connectivity index (χ1n) is 7.26. The number of anilines is 1. The second-order valence-electron chi connectivity index (χ2n) is 5.36. The molecule has 0 aliphatic rings. The Balaban J connectivity index is 2.23. The van der Waals surface area contributed by atoms with E-state index in [0.717, 1.165) is 0 Å². The Morgan fingerprint density at radius 2 is 2.17 bits per heavy atom. The van der Waals surface area contributed by atoms with E-state index >= 15 is 0 Å². The van der Waals surface area contributed by atoms with Crippen LogP contribution in [0.2, 0.25) is 0 Å². The lowest BCUT2D eigenvalue weighted by Gasteiger charge is -2.10. The fourth-order valence-corrected chi connectivity index (χ4v) is 2.43. The maximum Gasteiger partial charge on any atom is 0.255 e. The van der Waals surface area contributed by atoms with Crippen LogP contribution in [-0.2, 0) is 6.54 Å². The lowest BCUT2D eigenvalue weighted by atomic mass is 10.2. The van der Waals surface area contributed by atoms with E-state index in [0.29, 0.717) is 34.7 Å². The fraction of sp³-hybridized carbons (Fsp3) is 0.357. The molecule has 3 heterocycles. The molecular weight excluding hydrogens is 298 g/mol. The minimum Gasteiger partial charge on any atom is -0.379 e. The van der Waals surface area contributed by atoms with E-state index in [1.807, 2.05) is 25.3 Å². The Morgan fingerprint density at radius 1 is 1.39 bits per heavy atom. The van der Waals surface area contributed by atoms with Gasteiger partial charge in [-0.25, -0.2) is 9.61 Å². The summed E-state index contributed by atoms with van der Waals surface area (Å²) in [4.78, 5) is 21.0. The minimum absolute atomic E-state index is 0.0191. The highest BCUT2D eigenvalue weighted by Gasteiger charge is 2.22. The van der Waals surface area contributed by atoms with Gasteiger partial charge in [0.25, 0.3) is 5.91 Å². The van der Waals surface area contributed by atoms with E-state index in [4.69, 9.17) is 5.73 Å². The van der Waals surface area contributed by atoms with Gasteiger partial charge in [0.1, 0.15) is 5.52 Å². The van der Waals surface area contributed by atoms with Crippen molar-refractivity contribution in [3.63, 3.8) is 0 Å². The number of carbonyl (C=O) groups excluding carboxylic acids is 1. The first-order chi connectivity index (χ1) is 11.0. The molecule has 1 amide bonds. The third-order valence-electron chi connectivity index (χ3n) is 3.36. The van der Waals surface area contributed by atoms with Crippen molar-refractivity contribution in [2.75, 3.05) is 5.73 Å². The van der Waals surface area contributed by atoms with Crippen LogP contribution in [0.1, 0.15) is 31.1 Å². The van der Waals surface area contributed by atoms with Gasteiger partial charge in [-0.2, -0.15) is 0 Å². The van der Waals surface area contributed by atoms with Crippen LogP contribution in [-0.4, -0.2) is 36.8 Å². The Labute approximate surface area is 131 Å². The number of imidazole rings is 1. The molecule has 3 N–H and O–H groups in total. The molecule has 0 saturated carbocycles. The number of hydrogen-bond acceptors (Lipinski definition) is 7. The molecule has 0 spiro atoms. The van der Waals surface area contributed by atoms with Gasteiger partial charge in [-0.05, 0) is 31.1 Å². The van der Waals surface area contributed by atoms with Gasteiger partial charge in [0.05, 0.1) is 17.3 Å². The van der Waals surface area contributed by atoms with Crippen molar-refractivity contribution in [1.29, 1.82) is 0 Å². The van der Waals surface area contributed by atoms with E-state index in [1.54, 1.807) is 6.20 Å². The minimum atomic E-state index is -0.203. The lowest BCUT2D eigenvalue weighted by molar-refractivity contribution is 0.0944. The van der Waals surface area contributed by atoms with Crippen LogP contribution in [0.3, 0.4) is 0 Å². The van der Waals surface area contributed by atoms with Crippen molar-refractivity contribution in [1.82, 2.24) is 30.2 Å². The SMILES string of the molecule is CCn1c(-c2nonc2N)nc2cncc(C(=O)NC(C)C)c21. The van der Waals surface area contributed by atoms with Crippen molar-refractivity contribution >= 4 is 22.8 Å². The smallest absolute Gasteiger partial charge is 0.255 e. The lowest BCUT2D eigenvalue weighted by Crippen LogP contribution is -2.30. The predicted molar refractivity (Wildman–Crippen MR) is 83.5 cm³/mol. The molecule has 3 rings (SSSR count). The summed E-state index contributed by atoms with van der Waals surface area (Å²) in [6.45, 7) is 6.31. The van der Waals surface area contributed by atoms with Crippen molar-refractivity contribution in [3.8, 4) is 11.5 Å². The first kappa shape index (κ1) is 14.9. The summed E-state index contributed by atoms with van der Waals surface area (Å²) in [5.41, 5.74) is 7.83. The largest absolute Gasteiger partial charge is 0.379 e. The Hall–Kier alpha value is -2.97. The molecule has 3 aromatic rings. The molecule has 9 nitrogen and oxygen atoms in total. The summed E-state index contributed by atoms with van der Waals surface area (Å²) in [5, 5.41) is 10.2. The van der Waals surface area contributed by atoms with Crippen LogP contribution in [0.25, 0.3) is 22.6 Å². The van der Waals surface area contributed by atoms with E-state index in [2.05, 4.69) is 30.2 Å². The number of rotatable bonds is 4. The highest BCUT2D eigenvalue weighted by molar-refractivity contribution is 6.05. The normalized spacial score (nSPS) is 11.3. The third-order valence-corrected chi connectivity index (χ3v) is 3.36. The molecule has 0 unspecified atom stereocenters. The second kappa shape index (κ2) is 5.67. The number of nitrogens with two attached hydrogens (primary N) is 1. The number of fused-ring (bicyclic) bond motifs is 1. The molecule has 0 saturated heterocycles. The maximum atomic E-state index is 12.4. The van der Waals surface area contributed by atoms with Gasteiger partial charge < -0.3 is 15.6 Å². The van der Waals surface area contributed by atoms with Crippen molar-refractivity contribution < 1.29 is 9.42 Å². The Morgan fingerprint density at radius 3 is 2.78 bits per heavy atom. The van der Waals surface area contributed by atoms with Gasteiger partial charge in [0.15, 0.2) is 17.3 Å². The van der Waals surface area contributed by atoms with Crippen molar-refractivity contribution in [2.45, 2.75) is 33.4 Å². The number of carbonyl (C=O) groups is 1. The van der Waals surface area contributed by atoms with Gasteiger partial charge >= 0.3 is 0 Å².